The number of esters is 1. The predicted octanol–water partition coefficient (Wildman–Crippen LogP) is 0.987. The van der Waals surface area contributed by atoms with Crippen LogP contribution in [0.2, 0.25) is 0 Å². The molecule has 0 aliphatic heterocycles. The second-order valence-corrected chi connectivity index (χ2v) is 3.27. The van der Waals surface area contributed by atoms with E-state index < -0.39 is 23.6 Å². The van der Waals surface area contributed by atoms with Crippen molar-refractivity contribution in [2.75, 3.05) is 6.61 Å². The molecule has 0 radical (unpaired) electrons. The van der Waals surface area contributed by atoms with Crippen molar-refractivity contribution in [2.24, 2.45) is 0 Å². The van der Waals surface area contributed by atoms with Gasteiger partial charge in [0.05, 0.1) is 6.61 Å². The Bertz CT molecular complexity index is 424. The minimum absolute atomic E-state index is 0.0334. The van der Waals surface area contributed by atoms with E-state index in [1.54, 1.807) is 25.1 Å². The molecule has 1 N–H and O–H groups in total. The molecule has 1 rings (SSSR count). The molecule has 0 fully saturated rings. The standard InChI is InChI=1S/C12H12O5/c1-2-17-12(16)10(13)9(11(14)15)8-6-4-3-5-7-8/h3-7,9H,2H2,1H3,(H,14,15). The number of benzene rings is 1. The van der Waals surface area contributed by atoms with E-state index in [4.69, 9.17) is 5.11 Å². The molecule has 5 heteroatoms. The fourth-order valence-electron chi connectivity index (χ4n) is 1.37. The molecule has 0 bridgehead atoms. The predicted molar refractivity (Wildman–Crippen MR) is 58.5 cm³/mol. The number of ketones is 1. The summed E-state index contributed by atoms with van der Waals surface area (Å²) in [6.45, 7) is 1.58. The van der Waals surface area contributed by atoms with E-state index in [2.05, 4.69) is 4.74 Å². The van der Waals surface area contributed by atoms with E-state index in [0.29, 0.717) is 0 Å². The van der Waals surface area contributed by atoms with Gasteiger partial charge in [-0.3, -0.25) is 9.59 Å². The first-order chi connectivity index (χ1) is 8.07. The highest BCUT2D eigenvalue weighted by molar-refractivity contribution is 6.39. The highest BCUT2D eigenvalue weighted by atomic mass is 16.5. The van der Waals surface area contributed by atoms with Gasteiger partial charge in [0.2, 0.25) is 0 Å². The highest BCUT2D eigenvalue weighted by Crippen LogP contribution is 2.17. The molecule has 1 unspecified atom stereocenters. The zero-order chi connectivity index (χ0) is 12.8. The summed E-state index contributed by atoms with van der Waals surface area (Å²) >= 11 is 0. The molecule has 0 heterocycles. The largest absolute Gasteiger partial charge is 0.480 e. The van der Waals surface area contributed by atoms with Crippen LogP contribution < -0.4 is 0 Å². The van der Waals surface area contributed by atoms with Crippen LogP contribution in [0.25, 0.3) is 0 Å². The Labute approximate surface area is 98.0 Å². The van der Waals surface area contributed by atoms with Crippen LogP contribution >= 0.6 is 0 Å². The average Bonchev–Trinajstić information content (AvgIpc) is 2.30. The van der Waals surface area contributed by atoms with Crippen molar-refractivity contribution in [1.82, 2.24) is 0 Å². The Morgan fingerprint density at radius 1 is 1.24 bits per heavy atom. The topological polar surface area (TPSA) is 80.7 Å². The van der Waals surface area contributed by atoms with Gasteiger partial charge in [-0.05, 0) is 12.5 Å². The van der Waals surface area contributed by atoms with Gasteiger partial charge < -0.3 is 9.84 Å². The van der Waals surface area contributed by atoms with E-state index in [9.17, 15) is 14.4 Å². The number of carboxylic acids is 1. The maximum atomic E-state index is 11.6. The molecule has 0 aromatic heterocycles. The van der Waals surface area contributed by atoms with Crippen molar-refractivity contribution in [3.8, 4) is 0 Å². The number of hydrogen-bond acceptors (Lipinski definition) is 4. The van der Waals surface area contributed by atoms with E-state index in [1.165, 1.54) is 12.1 Å². The minimum atomic E-state index is -1.50. The van der Waals surface area contributed by atoms with Gasteiger partial charge in [0.15, 0.2) is 5.92 Å². The number of ether oxygens (including phenoxy) is 1. The van der Waals surface area contributed by atoms with E-state index in [1.807, 2.05) is 0 Å². The molecule has 17 heavy (non-hydrogen) atoms. The molecule has 0 saturated heterocycles. The van der Waals surface area contributed by atoms with Crippen LogP contribution in [0.5, 0.6) is 0 Å². The van der Waals surface area contributed by atoms with Crippen LogP contribution in [0.4, 0.5) is 0 Å². The maximum absolute atomic E-state index is 11.6. The first-order valence-corrected chi connectivity index (χ1v) is 5.06. The summed E-state index contributed by atoms with van der Waals surface area (Å²) in [6.07, 6.45) is 0. The van der Waals surface area contributed by atoms with Gasteiger partial charge in [-0.2, -0.15) is 0 Å². The lowest BCUT2D eigenvalue weighted by molar-refractivity contribution is -0.157. The lowest BCUT2D eigenvalue weighted by atomic mass is 9.95. The van der Waals surface area contributed by atoms with Crippen molar-refractivity contribution in [1.29, 1.82) is 0 Å². The smallest absolute Gasteiger partial charge is 0.375 e. The molecule has 1 aromatic rings. The number of rotatable bonds is 5. The zero-order valence-corrected chi connectivity index (χ0v) is 9.25. The summed E-state index contributed by atoms with van der Waals surface area (Å²) in [5.74, 6) is -5.06. The van der Waals surface area contributed by atoms with E-state index in [0.717, 1.165) is 0 Å². The van der Waals surface area contributed by atoms with Crippen LogP contribution in [0, 0.1) is 0 Å². The zero-order valence-electron chi connectivity index (χ0n) is 9.25. The molecule has 1 aromatic carbocycles. The van der Waals surface area contributed by atoms with Crippen molar-refractivity contribution >= 4 is 17.7 Å². The van der Waals surface area contributed by atoms with Gasteiger partial charge in [-0.1, -0.05) is 30.3 Å². The molecule has 5 nitrogen and oxygen atoms in total. The normalized spacial score (nSPS) is 11.6. The van der Waals surface area contributed by atoms with Crippen LogP contribution in [-0.2, 0) is 19.1 Å². The van der Waals surface area contributed by atoms with Gasteiger partial charge in [0.1, 0.15) is 0 Å². The van der Waals surface area contributed by atoms with Crippen LogP contribution in [0.15, 0.2) is 30.3 Å². The van der Waals surface area contributed by atoms with Crippen molar-refractivity contribution in [2.45, 2.75) is 12.8 Å². The number of carboxylic acid groups (broad SMARTS) is 1. The molecule has 0 aliphatic rings. The van der Waals surface area contributed by atoms with Crippen molar-refractivity contribution in [3.05, 3.63) is 35.9 Å². The van der Waals surface area contributed by atoms with Crippen molar-refractivity contribution < 1.29 is 24.2 Å². The molecule has 0 spiro atoms. The SMILES string of the molecule is CCOC(=O)C(=O)C(C(=O)O)c1ccccc1. The fraction of sp³-hybridized carbons (Fsp3) is 0.250. The maximum Gasteiger partial charge on any atom is 0.375 e. The average molecular weight is 236 g/mol. The van der Waals surface area contributed by atoms with Gasteiger partial charge in [0.25, 0.3) is 5.78 Å². The summed E-state index contributed by atoms with van der Waals surface area (Å²) in [7, 11) is 0. The first kappa shape index (κ1) is 12.9. The molecule has 0 saturated carbocycles. The Kier molecular flexibility index (Phi) is 4.39. The minimum Gasteiger partial charge on any atom is -0.480 e. The van der Waals surface area contributed by atoms with Gasteiger partial charge in [0, 0.05) is 0 Å². The third-order valence-electron chi connectivity index (χ3n) is 2.12. The van der Waals surface area contributed by atoms with Gasteiger partial charge in [-0.25, -0.2) is 4.79 Å². The second-order valence-electron chi connectivity index (χ2n) is 3.27. The molecule has 0 aliphatic carbocycles. The molecule has 90 valence electrons. The lowest BCUT2D eigenvalue weighted by Crippen LogP contribution is -2.29. The molecule has 0 amide bonds. The van der Waals surface area contributed by atoms with E-state index in [-0.39, 0.29) is 12.2 Å². The van der Waals surface area contributed by atoms with Crippen molar-refractivity contribution in [3.63, 3.8) is 0 Å². The number of carbonyl (C=O) groups excluding carboxylic acids is 2. The van der Waals surface area contributed by atoms with Gasteiger partial charge in [-0.15, -0.1) is 0 Å². The number of carbonyl (C=O) groups is 3. The third-order valence-corrected chi connectivity index (χ3v) is 2.12. The highest BCUT2D eigenvalue weighted by Gasteiger charge is 2.33. The first-order valence-electron chi connectivity index (χ1n) is 5.06. The second kappa shape index (κ2) is 5.79. The number of aliphatic carboxylic acids is 1. The molecule has 1 atom stereocenters. The quantitative estimate of drug-likeness (QED) is 0.468. The summed E-state index contributed by atoms with van der Waals surface area (Å²) in [5.41, 5.74) is 0.262. The Morgan fingerprint density at radius 2 is 1.82 bits per heavy atom. The number of hydrogen-bond donors (Lipinski definition) is 1. The Hall–Kier alpha value is -2.17. The molecular weight excluding hydrogens is 224 g/mol. The fourth-order valence-corrected chi connectivity index (χ4v) is 1.37. The molecular formula is C12H12O5. The Balaban J connectivity index is 2.99. The van der Waals surface area contributed by atoms with Gasteiger partial charge >= 0.3 is 11.9 Å². The summed E-state index contributed by atoms with van der Waals surface area (Å²) in [4.78, 5) is 33.9. The van der Waals surface area contributed by atoms with E-state index >= 15 is 0 Å². The third kappa shape index (κ3) is 3.14. The van der Waals surface area contributed by atoms with Crippen LogP contribution in [0.1, 0.15) is 18.4 Å². The monoisotopic (exact) mass is 236 g/mol. The Morgan fingerprint density at radius 3 is 2.29 bits per heavy atom. The summed E-state index contributed by atoms with van der Waals surface area (Å²) in [6, 6.07) is 7.86. The number of Topliss-reactive ketones (excluding diaryl/α,β-unsaturated/α-hetero) is 1. The summed E-state index contributed by atoms with van der Waals surface area (Å²) < 4.78 is 4.50. The van der Waals surface area contributed by atoms with Crippen LogP contribution in [-0.4, -0.2) is 29.4 Å². The summed E-state index contributed by atoms with van der Waals surface area (Å²) in [5, 5.41) is 8.99. The lowest BCUT2D eigenvalue weighted by Gasteiger charge is -2.10. The van der Waals surface area contributed by atoms with Crippen LogP contribution in [0.3, 0.4) is 0 Å².